The molecule has 0 unspecified atom stereocenters. The molecule has 72 valence electrons. The van der Waals surface area contributed by atoms with E-state index in [2.05, 4.69) is 15.9 Å². The zero-order chi connectivity index (χ0) is 10.2. The lowest BCUT2D eigenvalue weighted by atomic mass is 9.99. The van der Waals surface area contributed by atoms with E-state index in [0.29, 0.717) is 5.56 Å². The summed E-state index contributed by atoms with van der Waals surface area (Å²) in [5, 5.41) is 0. The molecule has 0 heterocycles. The first-order valence-electron chi connectivity index (χ1n) is 4.19. The summed E-state index contributed by atoms with van der Waals surface area (Å²) in [4.78, 5) is 0. The summed E-state index contributed by atoms with van der Waals surface area (Å²) in [6.45, 7) is 5.80. The number of halogens is 2. The summed E-state index contributed by atoms with van der Waals surface area (Å²) in [6, 6.07) is 1.64. The van der Waals surface area contributed by atoms with E-state index in [1.807, 2.05) is 20.8 Å². The van der Waals surface area contributed by atoms with E-state index in [1.165, 1.54) is 0 Å². The number of hydrogen-bond acceptors (Lipinski definition) is 1. The normalized spacial score (nSPS) is 10.9. The van der Waals surface area contributed by atoms with Crippen LogP contribution < -0.4 is 5.73 Å². The van der Waals surface area contributed by atoms with Gasteiger partial charge in [0, 0.05) is 10.0 Å². The molecule has 0 aliphatic rings. The van der Waals surface area contributed by atoms with Gasteiger partial charge in [-0.3, -0.25) is 0 Å². The van der Waals surface area contributed by atoms with Crippen molar-refractivity contribution in [2.75, 3.05) is 5.73 Å². The zero-order valence-corrected chi connectivity index (χ0v) is 9.57. The predicted octanol–water partition coefficient (Wildman–Crippen LogP) is 3.60. The molecule has 1 nitrogen and oxygen atoms in total. The molecular weight excluding hydrogens is 233 g/mol. The van der Waals surface area contributed by atoms with Crippen molar-refractivity contribution in [1.82, 2.24) is 0 Å². The Kier molecular flexibility index (Phi) is 2.96. The molecule has 0 amide bonds. The van der Waals surface area contributed by atoms with Crippen molar-refractivity contribution in [3.05, 3.63) is 27.5 Å². The maximum absolute atomic E-state index is 13.5. The van der Waals surface area contributed by atoms with Crippen LogP contribution in [0.25, 0.3) is 0 Å². The molecular formula is C10H13BrFN. The lowest BCUT2D eigenvalue weighted by molar-refractivity contribution is 0.600. The molecule has 13 heavy (non-hydrogen) atoms. The highest BCUT2D eigenvalue weighted by atomic mass is 79.9. The summed E-state index contributed by atoms with van der Waals surface area (Å²) < 4.78 is 14.4. The number of anilines is 1. The van der Waals surface area contributed by atoms with Crippen molar-refractivity contribution in [2.24, 2.45) is 0 Å². The first kappa shape index (κ1) is 10.5. The van der Waals surface area contributed by atoms with E-state index in [0.717, 1.165) is 10.0 Å². The molecule has 0 aliphatic heterocycles. The number of nitrogen functional groups attached to an aromatic ring is 1. The molecule has 0 saturated heterocycles. The fourth-order valence-electron chi connectivity index (χ4n) is 1.33. The summed E-state index contributed by atoms with van der Waals surface area (Å²) in [5.41, 5.74) is 7.40. The standard InChI is InChI=1S/C10H13BrFN/c1-5(2)8-9(11)6(3)4-7(13)10(8)12/h4-5H,13H2,1-3H3. The van der Waals surface area contributed by atoms with E-state index in [4.69, 9.17) is 5.73 Å². The minimum absolute atomic E-state index is 0.136. The monoisotopic (exact) mass is 245 g/mol. The average Bonchev–Trinajstić information content (AvgIpc) is 2.01. The Balaban J connectivity index is 3.46. The van der Waals surface area contributed by atoms with Crippen molar-refractivity contribution in [1.29, 1.82) is 0 Å². The Morgan fingerprint density at radius 3 is 2.46 bits per heavy atom. The number of aryl methyl sites for hydroxylation is 1. The van der Waals surface area contributed by atoms with E-state index < -0.39 is 0 Å². The smallest absolute Gasteiger partial charge is 0.150 e. The Bertz CT molecular complexity index is 308. The van der Waals surface area contributed by atoms with Crippen LogP contribution in [0.15, 0.2) is 10.5 Å². The average molecular weight is 246 g/mol. The molecule has 0 aromatic heterocycles. The minimum atomic E-state index is -0.299. The van der Waals surface area contributed by atoms with Gasteiger partial charge in [0.15, 0.2) is 5.82 Å². The molecule has 1 aromatic rings. The van der Waals surface area contributed by atoms with E-state index >= 15 is 0 Å². The van der Waals surface area contributed by atoms with Crippen molar-refractivity contribution in [3.63, 3.8) is 0 Å². The SMILES string of the molecule is Cc1cc(N)c(F)c(C(C)C)c1Br. The van der Waals surface area contributed by atoms with Crippen molar-refractivity contribution < 1.29 is 4.39 Å². The van der Waals surface area contributed by atoms with Gasteiger partial charge in [-0.1, -0.05) is 29.8 Å². The molecule has 0 bridgehead atoms. The lowest BCUT2D eigenvalue weighted by Crippen LogP contribution is -2.01. The van der Waals surface area contributed by atoms with E-state index in [9.17, 15) is 4.39 Å². The fraction of sp³-hybridized carbons (Fsp3) is 0.400. The summed E-state index contributed by atoms with van der Waals surface area (Å²) in [7, 11) is 0. The Hall–Kier alpha value is -0.570. The first-order chi connectivity index (χ1) is 5.95. The summed E-state index contributed by atoms with van der Waals surface area (Å²) in [5.74, 6) is -0.163. The maximum atomic E-state index is 13.5. The number of nitrogens with two attached hydrogens (primary N) is 1. The predicted molar refractivity (Wildman–Crippen MR) is 57.3 cm³/mol. The molecule has 2 N–H and O–H groups in total. The Morgan fingerprint density at radius 1 is 1.46 bits per heavy atom. The van der Waals surface area contributed by atoms with Crippen molar-refractivity contribution in [2.45, 2.75) is 26.7 Å². The van der Waals surface area contributed by atoms with Gasteiger partial charge in [-0.2, -0.15) is 0 Å². The van der Waals surface area contributed by atoms with Crippen molar-refractivity contribution in [3.8, 4) is 0 Å². The molecule has 1 aromatic carbocycles. The third-order valence-electron chi connectivity index (χ3n) is 2.02. The zero-order valence-electron chi connectivity index (χ0n) is 7.99. The second kappa shape index (κ2) is 3.66. The van der Waals surface area contributed by atoms with Gasteiger partial charge in [0.05, 0.1) is 5.69 Å². The molecule has 0 radical (unpaired) electrons. The van der Waals surface area contributed by atoms with Crippen LogP contribution in [0.4, 0.5) is 10.1 Å². The second-order valence-corrected chi connectivity index (χ2v) is 4.27. The quantitative estimate of drug-likeness (QED) is 0.752. The highest BCUT2D eigenvalue weighted by molar-refractivity contribution is 9.10. The van der Waals surface area contributed by atoms with Gasteiger partial charge in [-0.15, -0.1) is 0 Å². The fourth-order valence-corrected chi connectivity index (χ4v) is 2.08. The van der Waals surface area contributed by atoms with E-state index in [-0.39, 0.29) is 17.4 Å². The van der Waals surface area contributed by atoms with Gasteiger partial charge in [0.1, 0.15) is 0 Å². The summed E-state index contributed by atoms with van der Waals surface area (Å²) >= 11 is 3.37. The van der Waals surface area contributed by atoms with Crippen LogP contribution in [0.5, 0.6) is 0 Å². The Morgan fingerprint density at radius 2 is 2.00 bits per heavy atom. The highest BCUT2D eigenvalue weighted by Gasteiger charge is 2.15. The third kappa shape index (κ3) is 1.85. The van der Waals surface area contributed by atoms with Crippen LogP contribution in [0.3, 0.4) is 0 Å². The summed E-state index contributed by atoms with van der Waals surface area (Å²) in [6.07, 6.45) is 0. The van der Waals surface area contributed by atoms with Gasteiger partial charge < -0.3 is 5.73 Å². The van der Waals surface area contributed by atoms with Crippen LogP contribution in [0.1, 0.15) is 30.9 Å². The van der Waals surface area contributed by atoms with Crippen molar-refractivity contribution >= 4 is 21.6 Å². The van der Waals surface area contributed by atoms with Gasteiger partial charge in [0.25, 0.3) is 0 Å². The van der Waals surface area contributed by atoms with E-state index in [1.54, 1.807) is 6.07 Å². The van der Waals surface area contributed by atoms with Gasteiger partial charge >= 0.3 is 0 Å². The molecule has 0 spiro atoms. The molecule has 0 aliphatic carbocycles. The van der Waals surface area contributed by atoms with Crippen LogP contribution in [-0.2, 0) is 0 Å². The largest absolute Gasteiger partial charge is 0.396 e. The number of rotatable bonds is 1. The van der Waals surface area contributed by atoms with Crippen LogP contribution in [-0.4, -0.2) is 0 Å². The molecule has 0 atom stereocenters. The maximum Gasteiger partial charge on any atom is 0.150 e. The molecule has 0 fully saturated rings. The topological polar surface area (TPSA) is 26.0 Å². The molecule has 1 rings (SSSR count). The van der Waals surface area contributed by atoms with Crippen LogP contribution in [0, 0.1) is 12.7 Å². The Labute approximate surface area is 86.3 Å². The minimum Gasteiger partial charge on any atom is -0.396 e. The first-order valence-corrected chi connectivity index (χ1v) is 4.98. The van der Waals surface area contributed by atoms with Crippen LogP contribution in [0.2, 0.25) is 0 Å². The van der Waals surface area contributed by atoms with Gasteiger partial charge in [-0.05, 0) is 24.5 Å². The second-order valence-electron chi connectivity index (χ2n) is 3.48. The molecule has 3 heteroatoms. The third-order valence-corrected chi connectivity index (χ3v) is 3.07. The lowest BCUT2D eigenvalue weighted by Gasteiger charge is -2.13. The van der Waals surface area contributed by atoms with Crippen LogP contribution >= 0.6 is 15.9 Å². The van der Waals surface area contributed by atoms with Gasteiger partial charge in [0.2, 0.25) is 0 Å². The number of hydrogen-bond donors (Lipinski definition) is 1. The number of benzene rings is 1. The van der Waals surface area contributed by atoms with Gasteiger partial charge in [-0.25, -0.2) is 4.39 Å². The molecule has 0 saturated carbocycles. The highest BCUT2D eigenvalue weighted by Crippen LogP contribution is 2.33.